The fourth-order valence-corrected chi connectivity index (χ4v) is 7.13. The maximum absolute atomic E-state index is 12.7. The van der Waals surface area contributed by atoms with E-state index in [1.165, 1.54) is 122 Å². The van der Waals surface area contributed by atoms with Gasteiger partial charge in [-0.2, -0.15) is 0 Å². The van der Waals surface area contributed by atoms with Crippen LogP contribution in [0.4, 0.5) is 0 Å². The molecule has 0 aliphatic heterocycles. The molecule has 0 amide bonds. The van der Waals surface area contributed by atoms with Crippen molar-refractivity contribution in [3.8, 4) is 0 Å². The van der Waals surface area contributed by atoms with Crippen LogP contribution in [0.1, 0.15) is 206 Å². The molecule has 0 saturated carbocycles. The largest absolute Gasteiger partial charge is 0.472 e. The van der Waals surface area contributed by atoms with Crippen molar-refractivity contribution < 1.29 is 42.1 Å². The summed E-state index contributed by atoms with van der Waals surface area (Å²) in [6.07, 6.45) is 46.2. The molecule has 58 heavy (non-hydrogen) atoms. The first-order chi connectivity index (χ1) is 28.0. The molecule has 0 heterocycles. The molecule has 10 heteroatoms. The van der Waals surface area contributed by atoms with Crippen LogP contribution in [0.5, 0.6) is 0 Å². The lowest BCUT2D eigenvalue weighted by molar-refractivity contribution is -0.870. The second-order valence-electron chi connectivity index (χ2n) is 17.1. The van der Waals surface area contributed by atoms with E-state index in [1.807, 2.05) is 21.1 Å². The predicted octanol–water partition coefficient (Wildman–Crippen LogP) is 13.7. The first kappa shape index (κ1) is 56.2. The average Bonchev–Trinajstić information content (AvgIpc) is 3.17. The summed E-state index contributed by atoms with van der Waals surface area (Å²) in [5, 5.41) is 0. The lowest BCUT2D eigenvalue weighted by atomic mass is 10.1. The quantitative estimate of drug-likeness (QED) is 0.0213. The number of hydrogen-bond acceptors (Lipinski definition) is 7. The minimum atomic E-state index is -4.38. The Morgan fingerprint density at radius 3 is 1.43 bits per heavy atom. The summed E-state index contributed by atoms with van der Waals surface area (Å²) < 4.78 is 34.3. The third-order valence-corrected chi connectivity index (χ3v) is 11.1. The maximum Gasteiger partial charge on any atom is 0.472 e. The molecular formula is C48H91NO8P+. The first-order valence-electron chi connectivity index (χ1n) is 23.7. The van der Waals surface area contributed by atoms with Gasteiger partial charge in [0.25, 0.3) is 0 Å². The van der Waals surface area contributed by atoms with E-state index in [-0.39, 0.29) is 32.0 Å². The van der Waals surface area contributed by atoms with E-state index in [1.54, 1.807) is 0 Å². The third-order valence-electron chi connectivity index (χ3n) is 10.1. The number of hydrogen-bond donors (Lipinski definition) is 1. The minimum Gasteiger partial charge on any atom is -0.462 e. The van der Waals surface area contributed by atoms with Gasteiger partial charge in [0.2, 0.25) is 0 Å². The van der Waals surface area contributed by atoms with E-state index in [4.69, 9.17) is 18.5 Å². The molecule has 0 aliphatic rings. The number of esters is 2. The Morgan fingerprint density at radius 2 is 0.931 bits per heavy atom. The van der Waals surface area contributed by atoms with Gasteiger partial charge in [0.1, 0.15) is 19.8 Å². The molecule has 0 radical (unpaired) electrons. The zero-order valence-corrected chi connectivity index (χ0v) is 39.2. The van der Waals surface area contributed by atoms with Gasteiger partial charge in [-0.25, -0.2) is 4.57 Å². The van der Waals surface area contributed by atoms with Crippen LogP contribution in [0.2, 0.25) is 0 Å². The number of nitrogens with zero attached hydrogens (tertiary/aromatic N) is 1. The third kappa shape index (κ3) is 43.8. The van der Waals surface area contributed by atoms with Gasteiger partial charge < -0.3 is 18.9 Å². The molecule has 1 N–H and O–H groups in total. The summed E-state index contributed by atoms with van der Waals surface area (Å²) in [4.78, 5) is 35.4. The topological polar surface area (TPSA) is 108 Å². The molecule has 1 unspecified atom stereocenters. The summed E-state index contributed by atoms with van der Waals surface area (Å²) >= 11 is 0. The smallest absolute Gasteiger partial charge is 0.462 e. The number of likely N-dealkylation sites (N-methyl/N-ethyl adjacent to an activating group) is 1. The van der Waals surface area contributed by atoms with E-state index in [0.717, 1.165) is 51.4 Å². The minimum absolute atomic E-state index is 0.0284. The van der Waals surface area contributed by atoms with Gasteiger partial charge in [0, 0.05) is 12.8 Å². The highest BCUT2D eigenvalue weighted by Crippen LogP contribution is 2.43. The van der Waals surface area contributed by atoms with Crippen molar-refractivity contribution in [1.82, 2.24) is 0 Å². The van der Waals surface area contributed by atoms with Crippen molar-refractivity contribution in [3.05, 3.63) is 36.5 Å². The predicted molar refractivity (Wildman–Crippen MR) is 243 cm³/mol. The van der Waals surface area contributed by atoms with Crippen LogP contribution < -0.4 is 0 Å². The highest BCUT2D eigenvalue weighted by atomic mass is 31.2. The molecule has 0 aliphatic carbocycles. The summed E-state index contributed by atoms with van der Waals surface area (Å²) in [6.45, 7) is 4.39. The van der Waals surface area contributed by atoms with Crippen LogP contribution in [0.3, 0.4) is 0 Å². The van der Waals surface area contributed by atoms with Crippen molar-refractivity contribution in [2.24, 2.45) is 0 Å². The normalized spacial score (nSPS) is 13.8. The van der Waals surface area contributed by atoms with Crippen LogP contribution >= 0.6 is 7.82 Å². The van der Waals surface area contributed by atoms with E-state index in [9.17, 15) is 19.0 Å². The van der Waals surface area contributed by atoms with Crippen molar-refractivity contribution in [2.75, 3.05) is 47.5 Å². The van der Waals surface area contributed by atoms with Crippen molar-refractivity contribution >= 4 is 19.8 Å². The van der Waals surface area contributed by atoms with Crippen LogP contribution in [-0.2, 0) is 32.7 Å². The fraction of sp³-hybridized carbons (Fsp3) is 0.833. The zero-order chi connectivity index (χ0) is 42.8. The molecule has 0 aromatic rings. The number of ether oxygens (including phenoxy) is 2. The molecule has 9 nitrogen and oxygen atoms in total. The second-order valence-corrected chi connectivity index (χ2v) is 18.6. The van der Waals surface area contributed by atoms with Crippen molar-refractivity contribution in [2.45, 2.75) is 213 Å². The molecule has 0 bridgehead atoms. The lowest BCUT2D eigenvalue weighted by Crippen LogP contribution is -2.37. The van der Waals surface area contributed by atoms with Crippen LogP contribution in [0.25, 0.3) is 0 Å². The number of unbranched alkanes of at least 4 members (excludes halogenated alkanes) is 23. The summed E-state index contributed by atoms with van der Waals surface area (Å²) in [5.41, 5.74) is 0. The van der Waals surface area contributed by atoms with Gasteiger partial charge in [-0.15, -0.1) is 0 Å². The summed E-state index contributed by atoms with van der Waals surface area (Å²) in [5.74, 6) is -0.818. The Kier molecular flexibility index (Phi) is 39.4. The van der Waals surface area contributed by atoms with Crippen molar-refractivity contribution in [1.29, 1.82) is 0 Å². The van der Waals surface area contributed by atoms with E-state index in [0.29, 0.717) is 17.4 Å². The highest BCUT2D eigenvalue weighted by Gasteiger charge is 2.27. The molecule has 0 rings (SSSR count). The highest BCUT2D eigenvalue weighted by molar-refractivity contribution is 7.47. The molecule has 0 aromatic carbocycles. The Hall–Kier alpha value is -1.77. The Bertz CT molecular complexity index is 1090. The molecule has 2 atom stereocenters. The SMILES string of the molecule is CCCCC/C=C/C/C=C/CCCCCCCCCCCC(=O)OC[C@H](COP(=O)(O)OCC[N+](C)(C)C)OC(=O)CCCCC/C=C/CCCCCCCCCC. The number of carbonyl (C=O) groups is 2. The lowest BCUT2D eigenvalue weighted by Gasteiger charge is -2.24. The second kappa shape index (κ2) is 40.6. The van der Waals surface area contributed by atoms with E-state index < -0.39 is 26.5 Å². The molecule has 0 spiro atoms. The monoisotopic (exact) mass is 841 g/mol. The Balaban J connectivity index is 4.32. The number of quaternary nitrogens is 1. The fourth-order valence-electron chi connectivity index (χ4n) is 6.39. The molecule has 0 saturated heterocycles. The van der Waals surface area contributed by atoms with Gasteiger partial charge >= 0.3 is 19.8 Å². The number of phosphoric ester groups is 1. The summed E-state index contributed by atoms with van der Waals surface area (Å²) in [6, 6.07) is 0. The van der Waals surface area contributed by atoms with Crippen molar-refractivity contribution in [3.63, 3.8) is 0 Å². The number of phosphoric acid groups is 1. The van der Waals surface area contributed by atoms with Gasteiger partial charge in [0.15, 0.2) is 6.10 Å². The number of rotatable bonds is 43. The van der Waals surface area contributed by atoms with Crippen LogP contribution in [0.15, 0.2) is 36.5 Å². The van der Waals surface area contributed by atoms with Crippen LogP contribution in [0, 0.1) is 0 Å². The molecule has 0 aromatic heterocycles. The van der Waals surface area contributed by atoms with Gasteiger partial charge in [0.05, 0.1) is 27.7 Å². The average molecular weight is 841 g/mol. The van der Waals surface area contributed by atoms with Gasteiger partial charge in [-0.05, 0) is 70.6 Å². The summed E-state index contributed by atoms with van der Waals surface area (Å²) in [7, 11) is 1.47. The maximum atomic E-state index is 12.7. The van der Waals surface area contributed by atoms with Gasteiger partial charge in [-0.1, -0.05) is 159 Å². The number of carbonyl (C=O) groups excluding carboxylic acids is 2. The Morgan fingerprint density at radius 1 is 0.534 bits per heavy atom. The zero-order valence-electron chi connectivity index (χ0n) is 38.3. The van der Waals surface area contributed by atoms with Gasteiger partial charge in [-0.3, -0.25) is 18.6 Å². The Labute approximate surface area is 357 Å². The van der Waals surface area contributed by atoms with E-state index in [2.05, 4.69) is 50.3 Å². The molecular weight excluding hydrogens is 750 g/mol. The van der Waals surface area contributed by atoms with E-state index >= 15 is 0 Å². The standard InChI is InChI=1S/C48H90NO8P/c1-6-8-10-12-14-16-18-20-22-23-24-25-27-28-30-32-34-36-38-40-47(50)54-44-46(45-56-58(52,53)55-43-42-49(3,4)5)57-48(51)41-39-37-35-33-31-29-26-21-19-17-15-13-11-9-7-2/h14,16,20,22,29,31,46H,6-13,15,17-19,21,23-28,30,32-45H2,1-5H3/p+1/b16-14+,22-20+,31-29+/t46-/m1/s1. The first-order valence-corrected chi connectivity index (χ1v) is 25.2. The van der Waals surface area contributed by atoms with Crippen LogP contribution in [-0.4, -0.2) is 74.9 Å². The number of allylic oxidation sites excluding steroid dienone is 6. The molecule has 0 fully saturated rings. The molecule has 340 valence electrons.